The van der Waals surface area contributed by atoms with Gasteiger partial charge in [0, 0.05) is 30.4 Å². The van der Waals surface area contributed by atoms with Crippen molar-refractivity contribution in [3.8, 4) is 0 Å². The lowest BCUT2D eigenvalue weighted by atomic mass is 10.1. The Kier molecular flexibility index (Phi) is 5.14. The van der Waals surface area contributed by atoms with Gasteiger partial charge in [0.1, 0.15) is 0 Å². The van der Waals surface area contributed by atoms with Gasteiger partial charge in [0.25, 0.3) is 0 Å². The molecule has 2 rings (SSSR count). The summed E-state index contributed by atoms with van der Waals surface area (Å²) in [6.07, 6.45) is 0.892. The second-order valence-electron chi connectivity index (χ2n) is 5.30. The first-order chi connectivity index (χ1) is 9.86. The Morgan fingerprint density at radius 1 is 1.48 bits per heavy atom. The number of benzene rings is 1. The lowest BCUT2D eigenvalue weighted by Gasteiger charge is -2.23. The maximum Gasteiger partial charge on any atom is 0.243 e. The van der Waals surface area contributed by atoms with Crippen molar-refractivity contribution in [2.24, 2.45) is 5.92 Å². The van der Waals surface area contributed by atoms with Gasteiger partial charge in [-0.3, -0.25) is 0 Å². The summed E-state index contributed by atoms with van der Waals surface area (Å²) in [6.45, 7) is 5.77. The number of halogens is 1. The van der Waals surface area contributed by atoms with Gasteiger partial charge in [0.2, 0.25) is 10.0 Å². The SMILES string of the molecule is CCN(CC1CCOC1)S(=O)(=O)c1cc(N)c(C)c(Cl)c1. The molecule has 1 aromatic rings. The predicted molar refractivity (Wildman–Crippen MR) is 84.0 cm³/mol. The van der Waals surface area contributed by atoms with Crippen molar-refractivity contribution in [1.29, 1.82) is 0 Å². The molecule has 0 spiro atoms. The number of hydrogen-bond donors (Lipinski definition) is 1. The number of hydrogen-bond acceptors (Lipinski definition) is 4. The van der Waals surface area contributed by atoms with E-state index in [2.05, 4.69) is 0 Å². The summed E-state index contributed by atoms with van der Waals surface area (Å²) in [6, 6.07) is 2.95. The van der Waals surface area contributed by atoms with E-state index in [0.29, 0.717) is 42.6 Å². The highest BCUT2D eigenvalue weighted by molar-refractivity contribution is 7.89. The van der Waals surface area contributed by atoms with Gasteiger partial charge in [-0.15, -0.1) is 0 Å². The van der Waals surface area contributed by atoms with E-state index in [9.17, 15) is 8.42 Å². The minimum atomic E-state index is -3.59. The Hall–Kier alpha value is -0.820. The first kappa shape index (κ1) is 16.5. The molecule has 1 unspecified atom stereocenters. The van der Waals surface area contributed by atoms with Crippen LogP contribution in [0.4, 0.5) is 5.69 Å². The molecule has 0 bridgehead atoms. The first-order valence-corrected chi connectivity index (χ1v) is 8.81. The van der Waals surface area contributed by atoms with Gasteiger partial charge >= 0.3 is 0 Å². The fourth-order valence-electron chi connectivity index (χ4n) is 2.38. The van der Waals surface area contributed by atoms with Gasteiger partial charge in [-0.1, -0.05) is 18.5 Å². The van der Waals surface area contributed by atoms with Crippen LogP contribution in [-0.2, 0) is 14.8 Å². The largest absolute Gasteiger partial charge is 0.398 e. The molecule has 7 heteroatoms. The van der Waals surface area contributed by atoms with Crippen molar-refractivity contribution in [3.05, 3.63) is 22.7 Å². The number of ether oxygens (including phenoxy) is 1. The number of sulfonamides is 1. The summed E-state index contributed by atoms with van der Waals surface area (Å²) in [5.41, 5.74) is 6.92. The van der Waals surface area contributed by atoms with Crippen LogP contribution in [0.2, 0.25) is 5.02 Å². The van der Waals surface area contributed by atoms with Gasteiger partial charge < -0.3 is 10.5 Å². The van der Waals surface area contributed by atoms with Gasteiger partial charge in [-0.2, -0.15) is 4.31 Å². The summed E-state index contributed by atoms with van der Waals surface area (Å²) in [7, 11) is -3.59. The first-order valence-electron chi connectivity index (χ1n) is 6.99. The van der Waals surface area contributed by atoms with E-state index in [1.165, 1.54) is 16.4 Å². The Balaban J connectivity index is 2.30. The molecule has 118 valence electrons. The third kappa shape index (κ3) is 3.51. The molecule has 0 aliphatic carbocycles. The highest BCUT2D eigenvalue weighted by Crippen LogP contribution is 2.28. The number of nitrogens with two attached hydrogens (primary N) is 1. The molecule has 0 amide bonds. The zero-order valence-corrected chi connectivity index (χ0v) is 13.9. The lowest BCUT2D eigenvalue weighted by Crippen LogP contribution is -2.35. The van der Waals surface area contributed by atoms with E-state index in [4.69, 9.17) is 22.1 Å². The average Bonchev–Trinajstić information content (AvgIpc) is 2.94. The van der Waals surface area contributed by atoms with Crippen LogP contribution in [0.15, 0.2) is 17.0 Å². The van der Waals surface area contributed by atoms with E-state index in [1.54, 1.807) is 6.92 Å². The quantitative estimate of drug-likeness (QED) is 0.839. The maximum atomic E-state index is 12.7. The lowest BCUT2D eigenvalue weighted by molar-refractivity contribution is 0.181. The summed E-state index contributed by atoms with van der Waals surface area (Å²) in [4.78, 5) is 0.149. The van der Waals surface area contributed by atoms with Crippen molar-refractivity contribution in [2.45, 2.75) is 25.2 Å². The van der Waals surface area contributed by atoms with E-state index < -0.39 is 10.0 Å². The van der Waals surface area contributed by atoms with Gasteiger partial charge in [0.15, 0.2) is 0 Å². The molecule has 1 aliphatic rings. The smallest absolute Gasteiger partial charge is 0.243 e. The summed E-state index contributed by atoms with van der Waals surface area (Å²) in [5, 5.41) is 0.369. The molecule has 1 saturated heterocycles. The molecule has 1 aliphatic heterocycles. The Morgan fingerprint density at radius 2 is 2.19 bits per heavy atom. The molecule has 1 fully saturated rings. The van der Waals surface area contributed by atoms with Crippen LogP contribution < -0.4 is 5.73 Å². The molecule has 1 atom stereocenters. The van der Waals surface area contributed by atoms with Crippen molar-refractivity contribution in [1.82, 2.24) is 4.31 Å². The standard InChI is InChI=1S/C14H21ClN2O3S/c1-3-17(8-11-4-5-20-9-11)21(18,19)12-6-13(15)10(2)14(16)7-12/h6-7,11H,3-5,8-9,16H2,1-2H3. The summed E-state index contributed by atoms with van der Waals surface area (Å²) < 4.78 is 32.3. The van der Waals surface area contributed by atoms with E-state index >= 15 is 0 Å². The van der Waals surface area contributed by atoms with E-state index in [-0.39, 0.29) is 10.8 Å². The normalized spacial score (nSPS) is 19.3. The Morgan fingerprint density at radius 3 is 2.71 bits per heavy atom. The van der Waals surface area contributed by atoms with Crippen LogP contribution in [-0.4, -0.2) is 39.0 Å². The number of nitrogen functional groups attached to an aromatic ring is 1. The van der Waals surface area contributed by atoms with E-state index in [1.807, 2.05) is 6.92 Å². The van der Waals surface area contributed by atoms with Gasteiger partial charge in [-0.05, 0) is 37.0 Å². The fraction of sp³-hybridized carbons (Fsp3) is 0.571. The zero-order valence-electron chi connectivity index (χ0n) is 12.3. The van der Waals surface area contributed by atoms with Crippen molar-refractivity contribution in [2.75, 3.05) is 32.0 Å². The van der Waals surface area contributed by atoms with Crippen molar-refractivity contribution >= 4 is 27.3 Å². The topological polar surface area (TPSA) is 72.6 Å². The highest BCUT2D eigenvalue weighted by atomic mass is 35.5. The predicted octanol–water partition coefficient (Wildman–Crippen LogP) is 2.28. The van der Waals surface area contributed by atoms with Crippen LogP contribution >= 0.6 is 11.6 Å². The highest BCUT2D eigenvalue weighted by Gasteiger charge is 2.28. The Labute approximate surface area is 131 Å². The summed E-state index contributed by atoms with van der Waals surface area (Å²) >= 11 is 6.06. The summed E-state index contributed by atoms with van der Waals surface area (Å²) in [5.74, 6) is 0.248. The third-order valence-electron chi connectivity index (χ3n) is 3.83. The van der Waals surface area contributed by atoms with Crippen LogP contribution in [0, 0.1) is 12.8 Å². The second-order valence-corrected chi connectivity index (χ2v) is 7.65. The molecule has 0 aromatic heterocycles. The molecular formula is C14H21ClN2O3S. The van der Waals surface area contributed by atoms with E-state index in [0.717, 1.165) is 6.42 Å². The van der Waals surface area contributed by atoms with Crippen molar-refractivity contribution in [3.63, 3.8) is 0 Å². The fourth-order valence-corrected chi connectivity index (χ4v) is 4.26. The van der Waals surface area contributed by atoms with Crippen LogP contribution in [0.1, 0.15) is 18.9 Å². The van der Waals surface area contributed by atoms with Crippen LogP contribution in [0.5, 0.6) is 0 Å². The minimum absolute atomic E-state index is 0.149. The molecule has 0 saturated carbocycles. The molecule has 1 aromatic carbocycles. The van der Waals surface area contributed by atoms with Crippen LogP contribution in [0.25, 0.3) is 0 Å². The number of nitrogens with zero attached hydrogens (tertiary/aromatic N) is 1. The maximum absolute atomic E-state index is 12.7. The number of rotatable bonds is 5. The van der Waals surface area contributed by atoms with Crippen LogP contribution in [0.3, 0.4) is 0 Å². The molecular weight excluding hydrogens is 312 g/mol. The molecule has 0 radical (unpaired) electrons. The molecule has 21 heavy (non-hydrogen) atoms. The van der Waals surface area contributed by atoms with Gasteiger partial charge in [-0.25, -0.2) is 8.42 Å². The van der Waals surface area contributed by atoms with Crippen molar-refractivity contribution < 1.29 is 13.2 Å². The molecule has 1 heterocycles. The Bertz CT molecular complexity index is 590. The second kappa shape index (κ2) is 6.52. The van der Waals surface area contributed by atoms with Gasteiger partial charge in [0.05, 0.1) is 11.5 Å². The molecule has 5 nitrogen and oxygen atoms in total. The molecule has 2 N–H and O–H groups in total. The average molecular weight is 333 g/mol. The zero-order chi connectivity index (χ0) is 15.6. The monoisotopic (exact) mass is 332 g/mol. The minimum Gasteiger partial charge on any atom is -0.398 e. The third-order valence-corrected chi connectivity index (χ3v) is 6.15. The number of anilines is 1.